The number of hydrogen-bond acceptors (Lipinski definition) is 3. The number of aryl methyl sites for hydroxylation is 2. The molecule has 1 aromatic rings. The Labute approximate surface area is 125 Å². The molecule has 0 unspecified atom stereocenters. The van der Waals surface area contributed by atoms with Crippen LogP contribution in [0.3, 0.4) is 0 Å². The molecule has 1 heterocycles. The highest BCUT2D eigenvalue weighted by Crippen LogP contribution is 2.27. The minimum absolute atomic E-state index is 0.0352. The van der Waals surface area contributed by atoms with Gasteiger partial charge in [0.2, 0.25) is 11.8 Å². The average Bonchev–Trinajstić information content (AvgIpc) is 2.46. The highest BCUT2D eigenvalue weighted by atomic mass is 16.2. The Morgan fingerprint density at radius 1 is 1.38 bits per heavy atom. The van der Waals surface area contributed by atoms with Gasteiger partial charge in [-0.1, -0.05) is 17.7 Å². The normalized spacial score (nSPS) is 13.6. The summed E-state index contributed by atoms with van der Waals surface area (Å²) in [6.45, 7) is 3.39. The second kappa shape index (κ2) is 6.61. The third-order valence-corrected chi connectivity index (χ3v) is 3.86. The van der Waals surface area contributed by atoms with Crippen molar-refractivity contribution in [3.8, 4) is 0 Å². The van der Waals surface area contributed by atoms with Gasteiger partial charge in [-0.3, -0.25) is 9.59 Å². The summed E-state index contributed by atoms with van der Waals surface area (Å²) in [5, 5.41) is 2.53. The molecule has 2 rings (SSSR count). The number of carbonyl (C=O) groups excluding carboxylic acids is 2. The second-order valence-corrected chi connectivity index (χ2v) is 5.58. The lowest BCUT2D eigenvalue weighted by molar-refractivity contribution is -0.133. The van der Waals surface area contributed by atoms with Crippen molar-refractivity contribution in [2.24, 2.45) is 0 Å². The molecule has 0 aromatic heterocycles. The van der Waals surface area contributed by atoms with Crippen molar-refractivity contribution in [1.29, 1.82) is 0 Å². The third-order valence-electron chi connectivity index (χ3n) is 3.86. The van der Waals surface area contributed by atoms with E-state index < -0.39 is 0 Å². The molecule has 0 spiro atoms. The topological polar surface area (TPSA) is 52.7 Å². The second-order valence-electron chi connectivity index (χ2n) is 5.58. The number of nitrogens with one attached hydrogen (secondary N) is 1. The van der Waals surface area contributed by atoms with E-state index in [2.05, 4.69) is 35.3 Å². The van der Waals surface area contributed by atoms with Crippen LogP contribution in [0, 0.1) is 6.92 Å². The molecule has 1 aromatic carbocycles. The molecule has 0 atom stereocenters. The van der Waals surface area contributed by atoms with Gasteiger partial charge in [-0.2, -0.15) is 0 Å². The molecule has 0 saturated carbocycles. The van der Waals surface area contributed by atoms with Crippen LogP contribution < -0.4 is 10.2 Å². The molecule has 1 aliphatic rings. The predicted molar refractivity (Wildman–Crippen MR) is 83.4 cm³/mol. The summed E-state index contributed by atoms with van der Waals surface area (Å²) in [6, 6.07) is 6.37. The summed E-state index contributed by atoms with van der Waals surface area (Å²) >= 11 is 0. The fourth-order valence-electron chi connectivity index (χ4n) is 2.63. The van der Waals surface area contributed by atoms with Gasteiger partial charge in [-0.05, 0) is 31.4 Å². The van der Waals surface area contributed by atoms with E-state index in [1.165, 1.54) is 16.0 Å². The Hall–Kier alpha value is -2.04. The highest BCUT2D eigenvalue weighted by molar-refractivity contribution is 5.87. The quantitative estimate of drug-likeness (QED) is 0.898. The van der Waals surface area contributed by atoms with Gasteiger partial charge in [0.05, 0.1) is 13.1 Å². The Balaban J connectivity index is 2.04. The molecule has 1 N–H and O–H groups in total. The Kier molecular flexibility index (Phi) is 4.83. The largest absolute Gasteiger partial charge is 0.362 e. The predicted octanol–water partition coefficient (Wildman–Crippen LogP) is 0.952. The molecule has 2 amide bonds. The number of likely N-dealkylation sites (N-methyl/N-ethyl adjacent to an activating group) is 2. The molecule has 5 heteroatoms. The number of benzene rings is 1. The lowest BCUT2D eigenvalue weighted by atomic mass is 9.99. The van der Waals surface area contributed by atoms with E-state index in [4.69, 9.17) is 0 Å². The molecule has 0 bridgehead atoms. The van der Waals surface area contributed by atoms with Gasteiger partial charge < -0.3 is 15.1 Å². The van der Waals surface area contributed by atoms with Crippen LogP contribution in [0.15, 0.2) is 18.2 Å². The first-order chi connectivity index (χ1) is 10.0. The van der Waals surface area contributed by atoms with Crippen LogP contribution in [0.25, 0.3) is 0 Å². The Morgan fingerprint density at radius 2 is 2.14 bits per heavy atom. The smallest absolute Gasteiger partial charge is 0.242 e. The number of amides is 2. The number of carbonyl (C=O) groups is 2. The average molecular weight is 289 g/mol. The van der Waals surface area contributed by atoms with Crippen molar-refractivity contribution in [1.82, 2.24) is 10.2 Å². The fraction of sp³-hybridized carbons (Fsp3) is 0.500. The Morgan fingerprint density at radius 3 is 2.86 bits per heavy atom. The first-order valence-corrected chi connectivity index (χ1v) is 7.30. The minimum atomic E-state index is -0.152. The highest BCUT2D eigenvalue weighted by Gasteiger charge is 2.21. The summed E-state index contributed by atoms with van der Waals surface area (Å²) in [5.41, 5.74) is 3.70. The van der Waals surface area contributed by atoms with Crippen LogP contribution in [0.2, 0.25) is 0 Å². The molecule has 0 aliphatic carbocycles. The van der Waals surface area contributed by atoms with Gasteiger partial charge in [0.25, 0.3) is 0 Å². The fourth-order valence-corrected chi connectivity index (χ4v) is 2.63. The number of nitrogens with zero attached hydrogens (tertiary/aromatic N) is 2. The third kappa shape index (κ3) is 3.74. The van der Waals surface area contributed by atoms with E-state index in [-0.39, 0.29) is 18.4 Å². The Bertz CT molecular complexity index is 542. The maximum atomic E-state index is 12.2. The van der Waals surface area contributed by atoms with Crippen molar-refractivity contribution < 1.29 is 9.59 Å². The summed E-state index contributed by atoms with van der Waals surface area (Å²) in [5.74, 6) is -0.187. The van der Waals surface area contributed by atoms with E-state index in [1.54, 1.807) is 14.1 Å². The molecule has 0 saturated heterocycles. The zero-order valence-corrected chi connectivity index (χ0v) is 13.0. The molecule has 5 nitrogen and oxygen atoms in total. The van der Waals surface area contributed by atoms with Crippen LogP contribution >= 0.6 is 0 Å². The van der Waals surface area contributed by atoms with Crippen LogP contribution in [0.4, 0.5) is 5.69 Å². The van der Waals surface area contributed by atoms with E-state index >= 15 is 0 Å². The van der Waals surface area contributed by atoms with E-state index in [0.29, 0.717) is 6.54 Å². The number of hydrogen-bond donors (Lipinski definition) is 1. The van der Waals surface area contributed by atoms with Gasteiger partial charge >= 0.3 is 0 Å². The summed E-state index contributed by atoms with van der Waals surface area (Å²) in [4.78, 5) is 27.2. The van der Waals surface area contributed by atoms with Crippen molar-refractivity contribution in [2.75, 3.05) is 38.6 Å². The minimum Gasteiger partial charge on any atom is -0.362 e. The van der Waals surface area contributed by atoms with Crippen LogP contribution in [0.5, 0.6) is 0 Å². The molecule has 0 radical (unpaired) electrons. The van der Waals surface area contributed by atoms with Crippen molar-refractivity contribution in [2.45, 2.75) is 19.8 Å². The summed E-state index contributed by atoms with van der Waals surface area (Å²) < 4.78 is 0. The van der Waals surface area contributed by atoms with Crippen LogP contribution in [0.1, 0.15) is 17.5 Å². The van der Waals surface area contributed by atoms with E-state index in [0.717, 1.165) is 25.1 Å². The van der Waals surface area contributed by atoms with Gasteiger partial charge in [0.15, 0.2) is 0 Å². The monoisotopic (exact) mass is 289 g/mol. The molecule has 21 heavy (non-hydrogen) atoms. The van der Waals surface area contributed by atoms with Gasteiger partial charge in [-0.15, -0.1) is 0 Å². The SMILES string of the molecule is CNC(=O)CN(C)C(=O)CN1CCCc2cc(C)ccc21. The van der Waals surface area contributed by atoms with Crippen molar-refractivity contribution in [3.05, 3.63) is 29.3 Å². The standard InChI is InChI=1S/C16H23N3O2/c1-12-6-7-14-13(9-12)5-4-8-19(14)11-16(21)18(3)10-15(20)17-2/h6-7,9H,4-5,8,10-11H2,1-3H3,(H,17,20). The van der Waals surface area contributed by atoms with Gasteiger partial charge in [0, 0.05) is 26.3 Å². The molecule has 114 valence electrons. The zero-order chi connectivity index (χ0) is 15.4. The number of fused-ring (bicyclic) bond motifs is 1. The summed E-state index contributed by atoms with van der Waals surface area (Å²) in [7, 11) is 3.24. The number of rotatable bonds is 4. The van der Waals surface area contributed by atoms with E-state index in [1.807, 2.05) is 0 Å². The van der Waals surface area contributed by atoms with Gasteiger partial charge in [0.1, 0.15) is 0 Å². The lowest BCUT2D eigenvalue weighted by Gasteiger charge is -2.32. The first-order valence-electron chi connectivity index (χ1n) is 7.30. The van der Waals surface area contributed by atoms with E-state index in [9.17, 15) is 9.59 Å². The lowest BCUT2D eigenvalue weighted by Crippen LogP contribution is -2.43. The molecular formula is C16H23N3O2. The van der Waals surface area contributed by atoms with Crippen molar-refractivity contribution in [3.63, 3.8) is 0 Å². The molecule has 0 fully saturated rings. The van der Waals surface area contributed by atoms with Crippen LogP contribution in [-0.4, -0.2) is 50.4 Å². The van der Waals surface area contributed by atoms with Crippen molar-refractivity contribution >= 4 is 17.5 Å². The zero-order valence-electron chi connectivity index (χ0n) is 13.0. The maximum absolute atomic E-state index is 12.2. The maximum Gasteiger partial charge on any atom is 0.242 e. The number of anilines is 1. The molecule has 1 aliphatic heterocycles. The van der Waals surface area contributed by atoms with Crippen LogP contribution in [-0.2, 0) is 16.0 Å². The summed E-state index contributed by atoms with van der Waals surface area (Å²) in [6.07, 6.45) is 2.12. The molecular weight excluding hydrogens is 266 g/mol. The first kappa shape index (κ1) is 15.4. The van der Waals surface area contributed by atoms with Gasteiger partial charge in [-0.25, -0.2) is 0 Å².